The third kappa shape index (κ3) is 3.87. The highest BCUT2D eigenvalue weighted by molar-refractivity contribution is 8.18. The number of carbonyl (C=O) groups excluding carboxylic acids is 2. The van der Waals surface area contributed by atoms with Crippen LogP contribution in [0.3, 0.4) is 0 Å². The van der Waals surface area contributed by atoms with E-state index in [1.165, 1.54) is 46.2 Å². The molecule has 1 aliphatic carbocycles. The summed E-state index contributed by atoms with van der Waals surface area (Å²) in [6.07, 6.45) is 5.12. The summed E-state index contributed by atoms with van der Waals surface area (Å²) < 4.78 is 0. The quantitative estimate of drug-likeness (QED) is 0.536. The summed E-state index contributed by atoms with van der Waals surface area (Å²) >= 11 is 0.974. The molecule has 2 amide bonds. The van der Waals surface area contributed by atoms with Gasteiger partial charge in [0.1, 0.15) is 0 Å². The van der Waals surface area contributed by atoms with Gasteiger partial charge in [-0.05, 0) is 93.8 Å². The normalized spacial score (nSPS) is 20.6. The molecule has 1 aliphatic heterocycles. The predicted octanol–water partition coefficient (Wildman–Crippen LogP) is 6.90. The number of rotatable bonds is 3. The van der Waals surface area contributed by atoms with Crippen molar-refractivity contribution in [1.29, 1.82) is 0 Å². The Morgan fingerprint density at radius 1 is 1.03 bits per heavy atom. The molecule has 4 heteroatoms. The lowest BCUT2D eigenvalue weighted by atomic mass is 9.62. The van der Waals surface area contributed by atoms with Crippen LogP contribution >= 0.6 is 11.8 Å². The van der Waals surface area contributed by atoms with Gasteiger partial charge in [-0.2, -0.15) is 0 Å². The fraction of sp³-hybridized carbons (Fsp3) is 0.407. The number of hydrogen-bond acceptors (Lipinski definition) is 3. The first kappa shape index (κ1) is 21.9. The smallest absolute Gasteiger partial charge is 0.282 e. The first-order chi connectivity index (χ1) is 14.5. The van der Waals surface area contributed by atoms with Crippen LogP contribution in [-0.4, -0.2) is 11.1 Å². The lowest BCUT2D eigenvalue weighted by Crippen LogP contribution is -2.34. The first-order valence-corrected chi connectivity index (χ1v) is 11.9. The van der Waals surface area contributed by atoms with Gasteiger partial charge in [-0.3, -0.25) is 14.9 Å². The highest BCUT2D eigenvalue weighted by Gasteiger charge is 2.37. The Bertz CT molecular complexity index is 1120. The highest BCUT2D eigenvalue weighted by atomic mass is 32.2. The first-order valence-electron chi connectivity index (χ1n) is 11.1. The molecule has 4 rings (SSSR count). The number of aryl methyl sites for hydroxylation is 2. The molecular weight excluding hydrogens is 402 g/mol. The molecule has 162 valence electrons. The van der Waals surface area contributed by atoms with Crippen LogP contribution in [0.4, 0.5) is 4.79 Å². The molecule has 0 bridgehead atoms. The van der Waals surface area contributed by atoms with Crippen molar-refractivity contribution in [2.45, 2.75) is 71.6 Å². The number of fused-ring (bicyclic) bond motifs is 1. The van der Waals surface area contributed by atoms with Crippen molar-refractivity contribution < 1.29 is 9.59 Å². The number of carbonyl (C=O) groups is 2. The molecule has 1 saturated heterocycles. The van der Waals surface area contributed by atoms with E-state index in [2.05, 4.69) is 65.1 Å². The van der Waals surface area contributed by atoms with Crippen LogP contribution in [0.1, 0.15) is 75.3 Å². The summed E-state index contributed by atoms with van der Waals surface area (Å²) in [5.41, 5.74) is 9.07. The van der Waals surface area contributed by atoms with E-state index in [-0.39, 0.29) is 22.0 Å². The Morgan fingerprint density at radius 2 is 1.68 bits per heavy atom. The summed E-state index contributed by atoms with van der Waals surface area (Å²) in [6, 6.07) is 11.0. The van der Waals surface area contributed by atoms with Crippen LogP contribution < -0.4 is 5.32 Å². The van der Waals surface area contributed by atoms with Gasteiger partial charge in [-0.25, -0.2) is 0 Å². The molecule has 1 N–H and O–H groups in total. The molecule has 31 heavy (non-hydrogen) atoms. The molecule has 0 atom stereocenters. The Kier molecular flexibility index (Phi) is 5.41. The van der Waals surface area contributed by atoms with Crippen LogP contribution in [-0.2, 0) is 22.0 Å². The van der Waals surface area contributed by atoms with Crippen LogP contribution in [0, 0.1) is 6.92 Å². The van der Waals surface area contributed by atoms with Crippen molar-refractivity contribution in [3.63, 3.8) is 0 Å². The van der Waals surface area contributed by atoms with Crippen molar-refractivity contribution in [3.05, 3.63) is 63.1 Å². The maximum atomic E-state index is 12.2. The Labute approximate surface area is 189 Å². The summed E-state index contributed by atoms with van der Waals surface area (Å²) in [6.45, 7) is 13.8. The van der Waals surface area contributed by atoms with E-state index >= 15 is 0 Å². The summed E-state index contributed by atoms with van der Waals surface area (Å²) in [5.74, 6) is -0.312. The van der Waals surface area contributed by atoms with Crippen molar-refractivity contribution in [1.82, 2.24) is 5.32 Å². The largest absolute Gasteiger partial charge is 0.290 e. The Balaban J connectivity index is 1.96. The van der Waals surface area contributed by atoms with Gasteiger partial charge < -0.3 is 0 Å². The summed E-state index contributed by atoms with van der Waals surface area (Å²) in [4.78, 5) is 24.3. The molecule has 2 aliphatic rings. The van der Waals surface area contributed by atoms with Crippen LogP contribution in [0.5, 0.6) is 0 Å². The van der Waals surface area contributed by atoms with Crippen LogP contribution in [0.2, 0.25) is 0 Å². The lowest BCUT2D eigenvalue weighted by molar-refractivity contribution is -0.115. The minimum atomic E-state index is -0.312. The molecule has 0 aromatic heterocycles. The fourth-order valence-electron chi connectivity index (χ4n) is 4.92. The molecule has 2 aromatic carbocycles. The van der Waals surface area contributed by atoms with E-state index in [1.807, 2.05) is 18.2 Å². The molecule has 0 spiro atoms. The molecule has 0 unspecified atom stereocenters. The predicted molar refractivity (Wildman–Crippen MR) is 130 cm³/mol. The SMILES string of the molecule is CCc1cccc(C=C2SC(=O)NC2=O)c1-c1cc2c(cc1C)C(C)(C)CCC2(C)C. The monoisotopic (exact) mass is 433 g/mol. The highest BCUT2D eigenvalue weighted by Crippen LogP contribution is 2.48. The standard InChI is InChI=1S/C27H31NO2S/c1-7-17-9-8-10-18(14-22-24(29)28-25(30)31-22)23(17)19-15-21-20(13-16(19)2)26(3,4)11-12-27(21,5)6/h8-10,13-15H,7,11-12H2,1-6H3,(H,28,29,30). The van der Waals surface area contributed by atoms with Gasteiger partial charge in [-0.1, -0.05) is 65.0 Å². The second-order valence-electron chi connectivity index (χ2n) is 10.1. The van der Waals surface area contributed by atoms with E-state index < -0.39 is 0 Å². The minimum absolute atomic E-state index is 0.126. The van der Waals surface area contributed by atoms with Crippen molar-refractivity contribution in [2.24, 2.45) is 0 Å². The Hall–Kier alpha value is -2.33. The van der Waals surface area contributed by atoms with E-state index in [4.69, 9.17) is 0 Å². The average Bonchev–Trinajstić information content (AvgIpc) is 3.02. The molecule has 1 heterocycles. The number of nitrogens with one attached hydrogen (secondary N) is 1. The van der Waals surface area contributed by atoms with Crippen molar-refractivity contribution in [2.75, 3.05) is 0 Å². The van der Waals surface area contributed by atoms with Crippen LogP contribution in [0.15, 0.2) is 35.2 Å². The molecule has 3 nitrogen and oxygen atoms in total. The van der Waals surface area contributed by atoms with Gasteiger partial charge in [-0.15, -0.1) is 0 Å². The number of amides is 2. The Morgan fingerprint density at radius 3 is 2.26 bits per heavy atom. The van der Waals surface area contributed by atoms with Gasteiger partial charge in [0.2, 0.25) is 0 Å². The number of thioether (sulfide) groups is 1. The van der Waals surface area contributed by atoms with E-state index in [9.17, 15) is 9.59 Å². The van der Waals surface area contributed by atoms with E-state index in [0.29, 0.717) is 4.91 Å². The summed E-state index contributed by atoms with van der Waals surface area (Å²) in [7, 11) is 0. The van der Waals surface area contributed by atoms with Crippen molar-refractivity contribution >= 4 is 29.0 Å². The minimum Gasteiger partial charge on any atom is -0.282 e. The number of hydrogen-bond donors (Lipinski definition) is 1. The van der Waals surface area contributed by atoms with Gasteiger partial charge in [0, 0.05) is 0 Å². The summed E-state index contributed by atoms with van der Waals surface area (Å²) in [5, 5.41) is 2.06. The third-order valence-corrected chi connectivity index (χ3v) is 7.77. The third-order valence-electron chi connectivity index (χ3n) is 6.96. The zero-order valence-electron chi connectivity index (χ0n) is 19.3. The molecular formula is C27H31NO2S. The van der Waals surface area contributed by atoms with Gasteiger partial charge in [0.15, 0.2) is 0 Å². The fourth-order valence-corrected chi connectivity index (χ4v) is 5.59. The second kappa shape index (κ2) is 7.67. The lowest BCUT2D eigenvalue weighted by Gasteiger charge is -2.42. The van der Waals surface area contributed by atoms with Crippen molar-refractivity contribution in [3.8, 4) is 11.1 Å². The van der Waals surface area contributed by atoms with Gasteiger partial charge >= 0.3 is 0 Å². The topological polar surface area (TPSA) is 46.2 Å². The van der Waals surface area contributed by atoms with E-state index in [0.717, 1.165) is 23.7 Å². The zero-order valence-corrected chi connectivity index (χ0v) is 20.1. The van der Waals surface area contributed by atoms with Gasteiger partial charge in [0.05, 0.1) is 4.91 Å². The second-order valence-corrected chi connectivity index (χ2v) is 11.1. The number of benzene rings is 2. The maximum Gasteiger partial charge on any atom is 0.290 e. The van der Waals surface area contributed by atoms with E-state index in [1.54, 1.807) is 0 Å². The molecule has 0 saturated carbocycles. The molecule has 1 fully saturated rings. The average molecular weight is 434 g/mol. The van der Waals surface area contributed by atoms with Crippen LogP contribution in [0.25, 0.3) is 17.2 Å². The molecule has 0 radical (unpaired) electrons. The zero-order chi connectivity index (χ0) is 22.6. The molecule has 2 aromatic rings. The maximum absolute atomic E-state index is 12.2. The van der Waals surface area contributed by atoms with Gasteiger partial charge in [0.25, 0.3) is 11.1 Å². The number of imide groups is 1.